The molecular weight excluding hydrogens is 261 g/mol. The summed E-state index contributed by atoms with van der Waals surface area (Å²) >= 11 is 0. The molecule has 1 aliphatic rings. The van der Waals surface area contributed by atoms with Crippen LogP contribution in [0.15, 0.2) is 18.2 Å². The molecule has 2 atom stereocenters. The van der Waals surface area contributed by atoms with E-state index in [4.69, 9.17) is 5.73 Å². The lowest BCUT2D eigenvalue weighted by Gasteiger charge is -2.29. The van der Waals surface area contributed by atoms with Gasteiger partial charge in [-0.25, -0.2) is 4.39 Å². The number of nitro benzene ring substituents is 1. The van der Waals surface area contributed by atoms with E-state index in [0.29, 0.717) is 30.6 Å². The third kappa shape index (κ3) is 3.13. The minimum absolute atomic E-state index is 0.0273. The van der Waals surface area contributed by atoms with Crippen LogP contribution in [0.25, 0.3) is 0 Å². The quantitative estimate of drug-likeness (QED) is 0.664. The molecule has 0 spiro atoms. The van der Waals surface area contributed by atoms with Gasteiger partial charge in [-0.05, 0) is 44.5 Å². The Morgan fingerprint density at radius 3 is 2.90 bits per heavy atom. The van der Waals surface area contributed by atoms with Gasteiger partial charge in [0.05, 0.1) is 4.92 Å². The largest absolute Gasteiger partial charge is 0.330 e. The number of rotatable bonds is 5. The van der Waals surface area contributed by atoms with Gasteiger partial charge in [0.2, 0.25) is 0 Å². The average molecular weight is 281 g/mol. The van der Waals surface area contributed by atoms with Gasteiger partial charge >= 0.3 is 0 Å². The van der Waals surface area contributed by atoms with Crippen LogP contribution in [0, 0.1) is 21.8 Å². The summed E-state index contributed by atoms with van der Waals surface area (Å²) in [5, 5.41) is 11.0. The van der Waals surface area contributed by atoms with Crippen LogP contribution in [0.5, 0.6) is 0 Å². The van der Waals surface area contributed by atoms with Crippen molar-refractivity contribution in [2.45, 2.75) is 31.8 Å². The lowest BCUT2D eigenvalue weighted by atomic mass is 10.0. The Bertz CT molecular complexity index is 495. The van der Waals surface area contributed by atoms with Crippen LogP contribution >= 0.6 is 0 Å². The third-order valence-corrected chi connectivity index (χ3v) is 4.15. The molecule has 2 N–H and O–H groups in total. The summed E-state index contributed by atoms with van der Waals surface area (Å²) in [5.41, 5.74) is 6.15. The van der Waals surface area contributed by atoms with Gasteiger partial charge in [0.25, 0.3) is 5.69 Å². The second-order valence-electron chi connectivity index (χ2n) is 5.44. The summed E-state index contributed by atoms with van der Waals surface area (Å²) in [6, 6.07) is 3.93. The van der Waals surface area contributed by atoms with Crippen LogP contribution in [0.3, 0.4) is 0 Å². The third-order valence-electron chi connectivity index (χ3n) is 4.15. The fourth-order valence-corrected chi connectivity index (χ4v) is 3.12. The molecule has 1 saturated carbocycles. The molecule has 1 fully saturated rings. The van der Waals surface area contributed by atoms with Crippen LogP contribution in [0.1, 0.15) is 24.8 Å². The van der Waals surface area contributed by atoms with E-state index in [2.05, 4.69) is 4.90 Å². The molecular formula is C14H20FN3O2. The number of hydrogen-bond donors (Lipinski definition) is 1. The topological polar surface area (TPSA) is 72.4 Å². The van der Waals surface area contributed by atoms with Gasteiger partial charge in [0, 0.05) is 24.2 Å². The monoisotopic (exact) mass is 281 g/mol. The zero-order chi connectivity index (χ0) is 14.7. The summed E-state index contributed by atoms with van der Waals surface area (Å²) in [7, 11) is 1.92. The Morgan fingerprint density at radius 1 is 1.50 bits per heavy atom. The van der Waals surface area contributed by atoms with Crippen molar-refractivity contribution in [1.29, 1.82) is 0 Å². The van der Waals surface area contributed by atoms with E-state index in [1.165, 1.54) is 12.1 Å². The molecule has 1 aromatic rings. The standard InChI is InChI=1S/C14H20FN3O2/c1-17(13-4-2-3-10(13)8-16)9-11-7-12(15)5-6-14(11)18(19)20/h5-7,10,13H,2-4,8-9,16H2,1H3. The molecule has 1 aliphatic carbocycles. The SMILES string of the molecule is CN(Cc1cc(F)ccc1[N+](=O)[O-])C1CCCC1CN. The van der Waals surface area contributed by atoms with Gasteiger partial charge in [0.1, 0.15) is 5.82 Å². The molecule has 0 aliphatic heterocycles. The van der Waals surface area contributed by atoms with Crippen molar-refractivity contribution in [2.75, 3.05) is 13.6 Å². The van der Waals surface area contributed by atoms with Gasteiger partial charge in [-0.1, -0.05) is 6.42 Å². The number of benzene rings is 1. The average Bonchev–Trinajstić information content (AvgIpc) is 2.86. The molecule has 20 heavy (non-hydrogen) atoms. The molecule has 6 heteroatoms. The second-order valence-corrected chi connectivity index (χ2v) is 5.44. The van der Waals surface area contributed by atoms with Crippen molar-refractivity contribution in [3.63, 3.8) is 0 Å². The minimum Gasteiger partial charge on any atom is -0.330 e. The molecule has 0 heterocycles. The summed E-state index contributed by atoms with van der Waals surface area (Å²) in [5.74, 6) is -0.0200. The van der Waals surface area contributed by atoms with E-state index in [9.17, 15) is 14.5 Å². The molecule has 0 amide bonds. The number of nitrogens with zero attached hydrogens (tertiary/aromatic N) is 2. The first-order valence-electron chi connectivity index (χ1n) is 6.86. The number of halogens is 1. The highest BCUT2D eigenvalue weighted by Crippen LogP contribution is 2.30. The van der Waals surface area contributed by atoms with Gasteiger partial charge in [-0.3, -0.25) is 15.0 Å². The van der Waals surface area contributed by atoms with Gasteiger partial charge in [-0.2, -0.15) is 0 Å². The molecule has 0 saturated heterocycles. The van der Waals surface area contributed by atoms with Crippen molar-refractivity contribution in [3.8, 4) is 0 Å². The fraction of sp³-hybridized carbons (Fsp3) is 0.571. The predicted octanol–water partition coefficient (Wildman–Crippen LogP) is 2.29. The highest BCUT2D eigenvalue weighted by atomic mass is 19.1. The van der Waals surface area contributed by atoms with E-state index >= 15 is 0 Å². The Hall–Kier alpha value is -1.53. The van der Waals surface area contributed by atoms with Crippen molar-refractivity contribution in [1.82, 2.24) is 4.90 Å². The molecule has 110 valence electrons. The van der Waals surface area contributed by atoms with E-state index in [1.54, 1.807) is 0 Å². The van der Waals surface area contributed by atoms with E-state index < -0.39 is 10.7 Å². The molecule has 2 rings (SSSR count). The van der Waals surface area contributed by atoms with Gasteiger partial charge in [-0.15, -0.1) is 0 Å². The Balaban J connectivity index is 2.16. The normalized spacial score (nSPS) is 22.4. The number of nitrogens with two attached hydrogens (primary N) is 1. The second kappa shape index (κ2) is 6.28. The zero-order valence-corrected chi connectivity index (χ0v) is 11.6. The van der Waals surface area contributed by atoms with Crippen LogP contribution in [-0.2, 0) is 6.54 Å². The van der Waals surface area contributed by atoms with Gasteiger partial charge in [0.15, 0.2) is 0 Å². The highest BCUT2D eigenvalue weighted by molar-refractivity contribution is 5.40. The smallest absolute Gasteiger partial charge is 0.274 e. The first-order valence-corrected chi connectivity index (χ1v) is 6.86. The van der Waals surface area contributed by atoms with E-state index in [0.717, 1.165) is 25.3 Å². The van der Waals surface area contributed by atoms with Gasteiger partial charge < -0.3 is 5.73 Å². The Kier molecular flexibility index (Phi) is 4.67. The summed E-state index contributed by atoms with van der Waals surface area (Å²) in [4.78, 5) is 12.6. The molecule has 0 aromatic heterocycles. The zero-order valence-electron chi connectivity index (χ0n) is 11.6. The van der Waals surface area contributed by atoms with Crippen molar-refractivity contribution < 1.29 is 9.31 Å². The molecule has 0 radical (unpaired) electrons. The van der Waals surface area contributed by atoms with Crippen molar-refractivity contribution >= 4 is 5.69 Å². The first-order chi connectivity index (χ1) is 9.52. The Labute approximate surface area is 117 Å². The molecule has 2 unspecified atom stereocenters. The minimum atomic E-state index is -0.461. The van der Waals surface area contributed by atoms with Crippen molar-refractivity contribution in [3.05, 3.63) is 39.7 Å². The van der Waals surface area contributed by atoms with Crippen LogP contribution < -0.4 is 5.73 Å². The number of hydrogen-bond acceptors (Lipinski definition) is 4. The molecule has 1 aromatic carbocycles. The van der Waals surface area contributed by atoms with Crippen LogP contribution in [0.4, 0.5) is 10.1 Å². The first kappa shape index (κ1) is 14.9. The van der Waals surface area contributed by atoms with Crippen LogP contribution in [0.2, 0.25) is 0 Å². The van der Waals surface area contributed by atoms with E-state index in [1.807, 2.05) is 7.05 Å². The maximum Gasteiger partial charge on any atom is 0.274 e. The lowest BCUT2D eigenvalue weighted by molar-refractivity contribution is -0.385. The highest BCUT2D eigenvalue weighted by Gasteiger charge is 2.30. The maximum absolute atomic E-state index is 13.3. The summed E-state index contributed by atoms with van der Waals surface area (Å²) in [6.45, 7) is 0.996. The molecule has 0 bridgehead atoms. The maximum atomic E-state index is 13.3. The Morgan fingerprint density at radius 2 is 2.25 bits per heavy atom. The van der Waals surface area contributed by atoms with E-state index in [-0.39, 0.29) is 5.69 Å². The lowest BCUT2D eigenvalue weighted by Crippen LogP contribution is -2.37. The van der Waals surface area contributed by atoms with Crippen molar-refractivity contribution in [2.24, 2.45) is 11.7 Å². The fourth-order valence-electron chi connectivity index (χ4n) is 3.12. The van der Waals surface area contributed by atoms with Crippen LogP contribution in [-0.4, -0.2) is 29.5 Å². The summed E-state index contributed by atoms with van der Waals surface area (Å²) < 4.78 is 13.3. The predicted molar refractivity (Wildman–Crippen MR) is 74.7 cm³/mol. The molecule has 5 nitrogen and oxygen atoms in total. The summed E-state index contributed by atoms with van der Waals surface area (Å²) in [6.07, 6.45) is 3.26. The number of nitro groups is 1.